The first kappa shape index (κ1) is 19.8. The largest absolute Gasteiger partial charge is 0.497 e. The van der Waals surface area contributed by atoms with Crippen molar-refractivity contribution in [3.8, 4) is 5.75 Å². The Balaban J connectivity index is 1.59. The van der Waals surface area contributed by atoms with E-state index in [1.807, 2.05) is 49.4 Å². The summed E-state index contributed by atoms with van der Waals surface area (Å²) in [5.41, 5.74) is 5.83. The molecule has 6 nitrogen and oxygen atoms in total. The fraction of sp³-hybridized carbons (Fsp3) is 0.0870. The van der Waals surface area contributed by atoms with Crippen molar-refractivity contribution in [2.24, 2.45) is 5.10 Å². The van der Waals surface area contributed by atoms with Gasteiger partial charge in [-0.1, -0.05) is 30.3 Å². The Labute approximate surface area is 169 Å². The van der Waals surface area contributed by atoms with Crippen molar-refractivity contribution in [3.63, 3.8) is 0 Å². The van der Waals surface area contributed by atoms with E-state index in [4.69, 9.17) is 4.74 Å². The van der Waals surface area contributed by atoms with Crippen LogP contribution in [0.5, 0.6) is 5.75 Å². The number of nitrogens with one attached hydrogen (secondary N) is 2. The molecule has 0 unspecified atom stereocenters. The van der Waals surface area contributed by atoms with Crippen LogP contribution in [0.25, 0.3) is 0 Å². The molecule has 0 saturated heterocycles. The molecule has 0 spiro atoms. The zero-order valence-electron chi connectivity index (χ0n) is 16.2. The van der Waals surface area contributed by atoms with Crippen molar-refractivity contribution >= 4 is 23.7 Å². The first-order chi connectivity index (χ1) is 14.1. The van der Waals surface area contributed by atoms with Gasteiger partial charge in [0.05, 0.1) is 13.3 Å². The molecule has 0 aromatic heterocycles. The number of ether oxygens (including phenoxy) is 1. The average molecular weight is 387 g/mol. The van der Waals surface area contributed by atoms with E-state index in [2.05, 4.69) is 15.8 Å². The fourth-order valence-electron chi connectivity index (χ4n) is 2.68. The number of aryl methyl sites for hydroxylation is 1. The van der Waals surface area contributed by atoms with Gasteiger partial charge in [-0.25, -0.2) is 5.43 Å². The summed E-state index contributed by atoms with van der Waals surface area (Å²) in [6, 6.07) is 21.3. The summed E-state index contributed by atoms with van der Waals surface area (Å²) >= 11 is 0. The molecule has 0 aliphatic carbocycles. The number of anilines is 1. The van der Waals surface area contributed by atoms with Gasteiger partial charge in [0.25, 0.3) is 11.8 Å². The molecule has 0 heterocycles. The van der Waals surface area contributed by atoms with Crippen LogP contribution < -0.4 is 15.5 Å². The number of hydrazone groups is 1. The van der Waals surface area contributed by atoms with Crippen molar-refractivity contribution in [1.82, 2.24) is 5.43 Å². The summed E-state index contributed by atoms with van der Waals surface area (Å²) in [5.74, 6) is 0.174. The van der Waals surface area contributed by atoms with Crippen LogP contribution in [0.3, 0.4) is 0 Å². The Hall–Kier alpha value is -3.93. The number of hydrogen-bond acceptors (Lipinski definition) is 4. The third kappa shape index (κ3) is 5.29. The zero-order chi connectivity index (χ0) is 20.6. The Morgan fingerprint density at radius 3 is 2.41 bits per heavy atom. The molecular weight excluding hydrogens is 366 g/mol. The van der Waals surface area contributed by atoms with E-state index in [0.717, 1.165) is 11.1 Å². The van der Waals surface area contributed by atoms with E-state index in [-0.39, 0.29) is 11.8 Å². The maximum Gasteiger partial charge on any atom is 0.271 e. The van der Waals surface area contributed by atoms with E-state index in [1.54, 1.807) is 37.4 Å². The second-order valence-electron chi connectivity index (χ2n) is 6.32. The summed E-state index contributed by atoms with van der Waals surface area (Å²) in [6.07, 6.45) is 1.54. The number of rotatable bonds is 6. The molecule has 2 amide bonds. The van der Waals surface area contributed by atoms with Gasteiger partial charge in [0.15, 0.2) is 0 Å². The van der Waals surface area contributed by atoms with E-state index in [0.29, 0.717) is 22.6 Å². The molecule has 0 bridgehead atoms. The van der Waals surface area contributed by atoms with Crippen molar-refractivity contribution in [1.29, 1.82) is 0 Å². The molecule has 6 heteroatoms. The summed E-state index contributed by atoms with van der Waals surface area (Å²) in [4.78, 5) is 24.6. The van der Waals surface area contributed by atoms with Gasteiger partial charge in [0.2, 0.25) is 0 Å². The molecule has 0 aliphatic rings. The molecule has 0 atom stereocenters. The highest BCUT2D eigenvalue weighted by molar-refractivity contribution is 6.05. The first-order valence-electron chi connectivity index (χ1n) is 9.01. The molecule has 0 saturated carbocycles. The number of hydrogen-bond donors (Lipinski definition) is 2. The van der Waals surface area contributed by atoms with E-state index < -0.39 is 0 Å². The Morgan fingerprint density at radius 2 is 1.69 bits per heavy atom. The van der Waals surface area contributed by atoms with Crippen molar-refractivity contribution in [2.45, 2.75) is 6.92 Å². The highest BCUT2D eigenvalue weighted by Crippen LogP contribution is 2.14. The molecule has 3 aromatic carbocycles. The molecule has 3 aromatic rings. The van der Waals surface area contributed by atoms with Gasteiger partial charge >= 0.3 is 0 Å². The minimum absolute atomic E-state index is 0.191. The lowest BCUT2D eigenvalue weighted by atomic mass is 10.1. The Morgan fingerprint density at radius 1 is 0.931 bits per heavy atom. The van der Waals surface area contributed by atoms with E-state index in [9.17, 15) is 9.59 Å². The fourth-order valence-corrected chi connectivity index (χ4v) is 2.68. The van der Waals surface area contributed by atoms with Crippen LogP contribution in [0.15, 0.2) is 77.9 Å². The number of methoxy groups -OCH3 is 1. The minimum Gasteiger partial charge on any atom is -0.497 e. The number of benzene rings is 3. The molecule has 146 valence electrons. The molecular formula is C23H21N3O3. The lowest BCUT2D eigenvalue weighted by Crippen LogP contribution is -2.18. The van der Waals surface area contributed by atoms with Gasteiger partial charge in [-0.05, 0) is 60.5 Å². The number of amides is 2. The van der Waals surface area contributed by atoms with Gasteiger partial charge in [0, 0.05) is 16.8 Å². The van der Waals surface area contributed by atoms with Gasteiger partial charge in [-0.15, -0.1) is 0 Å². The quantitative estimate of drug-likeness (QED) is 0.495. The smallest absolute Gasteiger partial charge is 0.271 e. The maximum atomic E-state index is 12.4. The van der Waals surface area contributed by atoms with Gasteiger partial charge in [0.1, 0.15) is 5.75 Å². The van der Waals surface area contributed by atoms with Crippen LogP contribution in [0.1, 0.15) is 31.8 Å². The Bertz CT molecular complexity index is 1040. The maximum absolute atomic E-state index is 12.4. The highest BCUT2D eigenvalue weighted by Gasteiger charge is 2.09. The first-order valence-corrected chi connectivity index (χ1v) is 9.01. The van der Waals surface area contributed by atoms with Crippen molar-refractivity contribution in [2.75, 3.05) is 12.4 Å². The average Bonchev–Trinajstić information content (AvgIpc) is 2.74. The monoisotopic (exact) mass is 387 g/mol. The van der Waals surface area contributed by atoms with Gasteiger partial charge in [-0.2, -0.15) is 5.10 Å². The summed E-state index contributed by atoms with van der Waals surface area (Å²) in [7, 11) is 1.59. The van der Waals surface area contributed by atoms with Gasteiger partial charge < -0.3 is 10.1 Å². The molecule has 0 aliphatic heterocycles. The standard InChI is InChI=1S/C23H21N3O3/c1-16-6-3-4-9-21(16)23(28)25-19-12-10-18(11-13-19)22(27)26-24-15-17-7-5-8-20(14-17)29-2/h3-15H,1-2H3,(H,25,28)(H,26,27)/b24-15+. The predicted molar refractivity (Wildman–Crippen MR) is 114 cm³/mol. The van der Waals surface area contributed by atoms with Crippen molar-refractivity contribution in [3.05, 3.63) is 95.1 Å². The lowest BCUT2D eigenvalue weighted by molar-refractivity contribution is 0.0954. The van der Waals surface area contributed by atoms with Crippen LogP contribution in [-0.4, -0.2) is 25.1 Å². The van der Waals surface area contributed by atoms with Crippen LogP contribution in [0.4, 0.5) is 5.69 Å². The second kappa shape index (κ2) is 9.32. The van der Waals surface area contributed by atoms with E-state index >= 15 is 0 Å². The Kier molecular flexibility index (Phi) is 6.37. The topological polar surface area (TPSA) is 79.8 Å². The van der Waals surface area contributed by atoms with E-state index in [1.165, 1.54) is 6.21 Å². The molecule has 0 radical (unpaired) electrons. The molecule has 29 heavy (non-hydrogen) atoms. The second-order valence-corrected chi connectivity index (χ2v) is 6.32. The van der Waals surface area contributed by atoms with Crippen LogP contribution in [0.2, 0.25) is 0 Å². The van der Waals surface area contributed by atoms with Crippen LogP contribution in [0, 0.1) is 6.92 Å². The van der Waals surface area contributed by atoms with Crippen LogP contribution >= 0.6 is 0 Å². The minimum atomic E-state index is -0.346. The third-order valence-corrected chi connectivity index (χ3v) is 4.27. The SMILES string of the molecule is COc1cccc(/C=N/NC(=O)c2ccc(NC(=O)c3ccccc3C)cc2)c1. The predicted octanol–water partition coefficient (Wildman–Crippen LogP) is 4.02. The lowest BCUT2D eigenvalue weighted by Gasteiger charge is -2.08. The molecule has 2 N–H and O–H groups in total. The summed E-state index contributed by atoms with van der Waals surface area (Å²) in [5, 5.41) is 6.79. The molecule has 0 fully saturated rings. The number of carbonyl (C=O) groups excluding carboxylic acids is 2. The highest BCUT2D eigenvalue weighted by atomic mass is 16.5. The van der Waals surface area contributed by atoms with Gasteiger partial charge in [-0.3, -0.25) is 9.59 Å². The third-order valence-electron chi connectivity index (χ3n) is 4.27. The zero-order valence-corrected chi connectivity index (χ0v) is 16.2. The normalized spacial score (nSPS) is 10.6. The van der Waals surface area contributed by atoms with Crippen LogP contribution in [-0.2, 0) is 0 Å². The molecule has 3 rings (SSSR count). The summed E-state index contributed by atoms with van der Waals surface area (Å²) in [6.45, 7) is 1.88. The number of carbonyl (C=O) groups is 2. The van der Waals surface area contributed by atoms with Crippen molar-refractivity contribution < 1.29 is 14.3 Å². The number of nitrogens with zero attached hydrogens (tertiary/aromatic N) is 1. The summed E-state index contributed by atoms with van der Waals surface area (Å²) < 4.78 is 5.15.